The van der Waals surface area contributed by atoms with E-state index in [0.29, 0.717) is 23.7 Å². The molecule has 0 amide bonds. The number of carbonyl (C=O) groups is 1. The fraction of sp³-hybridized carbons (Fsp3) is 0.421. The molecule has 5 unspecified atom stereocenters. The second kappa shape index (κ2) is 8.20. The molecule has 2 heterocycles. The highest BCUT2D eigenvalue weighted by Crippen LogP contribution is 2.24. The predicted octanol–water partition coefficient (Wildman–Crippen LogP) is 0.0475. The topological polar surface area (TPSA) is 121 Å². The molecule has 27 heavy (non-hydrogen) atoms. The maximum absolute atomic E-state index is 11.1. The zero-order valence-electron chi connectivity index (χ0n) is 14.8. The highest BCUT2D eigenvalue weighted by molar-refractivity contribution is 5.72. The van der Waals surface area contributed by atoms with Crippen LogP contribution in [0.25, 0.3) is 0 Å². The van der Waals surface area contributed by atoms with Gasteiger partial charge in [-0.25, -0.2) is 0 Å². The minimum Gasteiger partial charge on any atom is -0.462 e. The third-order valence-corrected chi connectivity index (χ3v) is 4.71. The van der Waals surface area contributed by atoms with Gasteiger partial charge in [0.2, 0.25) is 6.29 Å². The van der Waals surface area contributed by atoms with Crippen LogP contribution in [-0.2, 0) is 17.9 Å². The first-order chi connectivity index (χ1) is 12.9. The Morgan fingerprint density at radius 2 is 1.78 bits per heavy atom. The van der Waals surface area contributed by atoms with Crippen LogP contribution < -0.4 is 4.74 Å². The van der Waals surface area contributed by atoms with Crippen molar-refractivity contribution in [3.8, 4) is 5.75 Å². The van der Waals surface area contributed by atoms with Crippen molar-refractivity contribution in [2.45, 2.75) is 50.8 Å². The summed E-state index contributed by atoms with van der Waals surface area (Å²) in [6, 6.07) is 10.3. The summed E-state index contributed by atoms with van der Waals surface area (Å²) >= 11 is 0. The Morgan fingerprint density at radius 1 is 1.07 bits per heavy atom. The Bertz CT molecular complexity index is 773. The molecular formula is C19H23NO7. The molecule has 0 radical (unpaired) electrons. The van der Waals surface area contributed by atoms with Gasteiger partial charge in [0.25, 0.3) is 0 Å². The van der Waals surface area contributed by atoms with Crippen LogP contribution in [0.4, 0.5) is 0 Å². The van der Waals surface area contributed by atoms with Crippen LogP contribution in [0, 0.1) is 0 Å². The largest absolute Gasteiger partial charge is 0.462 e. The average Bonchev–Trinajstić information content (AvgIpc) is 3.07. The number of rotatable bonds is 6. The Morgan fingerprint density at radius 3 is 2.41 bits per heavy atom. The van der Waals surface area contributed by atoms with Crippen LogP contribution >= 0.6 is 0 Å². The van der Waals surface area contributed by atoms with Crippen molar-refractivity contribution < 1.29 is 34.7 Å². The number of aldehydes is 1. The van der Waals surface area contributed by atoms with E-state index in [1.54, 1.807) is 47.9 Å². The van der Waals surface area contributed by atoms with Gasteiger partial charge in [-0.3, -0.25) is 4.79 Å². The van der Waals surface area contributed by atoms with Gasteiger partial charge in [-0.05, 0) is 36.8 Å². The molecular weight excluding hydrogens is 354 g/mol. The van der Waals surface area contributed by atoms with Gasteiger partial charge in [0, 0.05) is 12.2 Å². The summed E-state index contributed by atoms with van der Waals surface area (Å²) in [6.45, 7) is 1.82. The van der Waals surface area contributed by atoms with Gasteiger partial charge in [-0.1, -0.05) is 12.1 Å². The maximum atomic E-state index is 11.1. The molecule has 1 aliphatic heterocycles. The van der Waals surface area contributed by atoms with E-state index in [1.807, 2.05) is 0 Å². The molecule has 5 atom stereocenters. The van der Waals surface area contributed by atoms with Crippen molar-refractivity contribution in [1.82, 2.24) is 4.57 Å². The van der Waals surface area contributed by atoms with Crippen LogP contribution in [0.5, 0.6) is 5.75 Å². The summed E-state index contributed by atoms with van der Waals surface area (Å²) in [7, 11) is 0. The van der Waals surface area contributed by atoms with Gasteiger partial charge in [0.15, 0.2) is 6.29 Å². The number of carbonyl (C=O) groups excluding carboxylic acids is 1. The highest BCUT2D eigenvalue weighted by Gasteiger charge is 2.43. The van der Waals surface area contributed by atoms with Crippen LogP contribution in [0.1, 0.15) is 28.7 Å². The van der Waals surface area contributed by atoms with E-state index in [0.717, 1.165) is 11.8 Å². The zero-order valence-corrected chi connectivity index (χ0v) is 14.8. The first-order valence-electron chi connectivity index (χ1n) is 8.64. The summed E-state index contributed by atoms with van der Waals surface area (Å²) in [5, 5.41) is 38.9. The van der Waals surface area contributed by atoms with Crippen LogP contribution in [0.15, 0.2) is 36.4 Å². The summed E-state index contributed by atoms with van der Waals surface area (Å²) in [5.41, 5.74) is 1.99. The quantitative estimate of drug-likeness (QED) is 0.525. The lowest BCUT2D eigenvalue weighted by Gasteiger charge is -2.38. The molecule has 146 valence electrons. The smallest absolute Gasteiger partial charge is 0.229 e. The summed E-state index contributed by atoms with van der Waals surface area (Å²) < 4.78 is 12.7. The van der Waals surface area contributed by atoms with Crippen molar-refractivity contribution in [1.29, 1.82) is 0 Å². The minimum atomic E-state index is -1.38. The average molecular weight is 377 g/mol. The molecule has 3 rings (SSSR count). The Kier molecular flexibility index (Phi) is 5.93. The van der Waals surface area contributed by atoms with Crippen LogP contribution in [-0.4, -0.2) is 62.0 Å². The zero-order chi connectivity index (χ0) is 19.6. The van der Waals surface area contributed by atoms with E-state index in [2.05, 4.69) is 0 Å². The van der Waals surface area contributed by atoms with E-state index >= 15 is 0 Å². The van der Waals surface area contributed by atoms with E-state index in [1.165, 1.54) is 0 Å². The Labute approximate surface area is 156 Å². The Balaban J connectivity index is 1.69. The monoisotopic (exact) mass is 377 g/mol. The number of benzene rings is 1. The first-order valence-corrected chi connectivity index (χ1v) is 8.64. The highest BCUT2D eigenvalue weighted by atomic mass is 16.7. The molecule has 0 spiro atoms. The number of aliphatic hydroxyl groups excluding tert-OH is 4. The van der Waals surface area contributed by atoms with Gasteiger partial charge in [-0.2, -0.15) is 0 Å². The second-order valence-electron chi connectivity index (χ2n) is 6.55. The molecule has 2 aromatic rings. The molecule has 0 bridgehead atoms. The van der Waals surface area contributed by atoms with Crippen LogP contribution in [0.2, 0.25) is 0 Å². The number of aliphatic hydroxyl groups is 4. The molecule has 1 aliphatic rings. The van der Waals surface area contributed by atoms with E-state index in [9.17, 15) is 25.2 Å². The molecule has 8 heteroatoms. The molecule has 1 saturated heterocycles. The number of aromatic nitrogens is 1. The van der Waals surface area contributed by atoms with Crippen molar-refractivity contribution in [2.75, 3.05) is 0 Å². The summed E-state index contributed by atoms with van der Waals surface area (Å²) in [5.74, 6) is 0.420. The molecule has 1 aromatic carbocycles. The van der Waals surface area contributed by atoms with Gasteiger partial charge in [0.1, 0.15) is 24.1 Å². The molecule has 1 aromatic heterocycles. The SMILES string of the molecule is CC1OC(Oc2ccc(Cn3c(C=O)ccc3CO)cc2)C(O)C(O)C1O. The third kappa shape index (κ3) is 4.05. The van der Waals surface area contributed by atoms with Crippen molar-refractivity contribution in [3.05, 3.63) is 53.3 Å². The second-order valence-corrected chi connectivity index (χ2v) is 6.55. The molecule has 1 fully saturated rings. The molecule has 0 saturated carbocycles. The summed E-state index contributed by atoms with van der Waals surface area (Å²) in [6.07, 6.45) is -4.96. The molecule has 0 aliphatic carbocycles. The van der Waals surface area contributed by atoms with Gasteiger partial charge in [0.05, 0.1) is 18.4 Å². The number of ether oxygens (including phenoxy) is 2. The lowest BCUT2D eigenvalue weighted by Crippen LogP contribution is -2.58. The lowest BCUT2D eigenvalue weighted by molar-refractivity contribution is -0.268. The van der Waals surface area contributed by atoms with E-state index in [-0.39, 0.29) is 6.61 Å². The minimum absolute atomic E-state index is 0.168. The predicted molar refractivity (Wildman–Crippen MR) is 94.3 cm³/mol. The third-order valence-electron chi connectivity index (χ3n) is 4.71. The molecule has 4 N–H and O–H groups in total. The number of nitrogens with zero attached hydrogens (tertiary/aromatic N) is 1. The van der Waals surface area contributed by atoms with Crippen molar-refractivity contribution in [2.24, 2.45) is 0 Å². The first kappa shape index (κ1) is 19.5. The van der Waals surface area contributed by atoms with E-state index < -0.39 is 30.7 Å². The normalized spacial score (nSPS) is 28.1. The fourth-order valence-electron chi connectivity index (χ4n) is 3.06. The van der Waals surface area contributed by atoms with Gasteiger partial charge >= 0.3 is 0 Å². The van der Waals surface area contributed by atoms with Crippen molar-refractivity contribution in [3.63, 3.8) is 0 Å². The Hall–Kier alpha value is -2.23. The van der Waals surface area contributed by atoms with Gasteiger partial charge in [-0.15, -0.1) is 0 Å². The number of hydrogen-bond acceptors (Lipinski definition) is 7. The lowest BCUT2D eigenvalue weighted by atomic mass is 10.00. The maximum Gasteiger partial charge on any atom is 0.229 e. The van der Waals surface area contributed by atoms with E-state index in [4.69, 9.17) is 9.47 Å². The standard InChI is InChI=1S/C19H23NO7/c1-11-16(23)17(24)18(25)19(26-11)27-15-6-2-12(3-7-15)8-20-13(9-21)4-5-14(20)10-22/h2-7,9,11,16-19,22-25H,8,10H2,1H3. The van der Waals surface area contributed by atoms with Gasteiger partial charge < -0.3 is 34.5 Å². The number of hydrogen-bond donors (Lipinski definition) is 4. The summed E-state index contributed by atoms with van der Waals surface area (Å²) in [4.78, 5) is 11.1. The fourth-order valence-corrected chi connectivity index (χ4v) is 3.06. The van der Waals surface area contributed by atoms with Crippen molar-refractivity contribution >= 4 is 6.29 Å². The molecule has 8 nitrogen and oxygen atoms in total. The van der Waals surface area contributed by atoms with Crippen LogP contribution in [0.3, 0.4) is 0 Å².